The van der Waals surface area contributed by atoms with E-state index in [1.165, 1.54) is 0 Å². The van der Waals surface area contributed by atoms with Gasteiger partial charge in [0.05, 0.1) is 5.02 Å². The van der Waals surface area contributed by atoms with Gasteiger partial charge >= 0.3 is 0 Å². The second kappa shape index (κ2) is 7.49. The van der Waals surface area contributed by atoms with Crippen molar-refractivity contribution in [2.24, 2.45) is 5.92 Å². The first-order chi connectivity index (χ1) is 10.7. The Morgan fingerprint density at radius 3 is 2.64 bits per heavy atom. The van der Waals surface area contributed by atoms with E-state index in [1.54, 1.807) is 6.07 Å². The lowest BCUT2D eigenvalue weighted by Crippen LogP contribution is -2.47. The number of nitrogens with one attached hydrogen (secondary N) is 1. The number of rotatable bonds is 3. The van der Waals surface area contributed by atoms with Crippen LogP contribution in [-0.4, -0.2) is 49.4 Å². The predicted octanol–water partition coefficient (Wildman–Crippen LogP) is 3.18. The summed E-state index contributed by atoms with van der Waals surface area (Å²) in [6.45, 7) is 5.56. The Morgan fingerprint density at radius 2 is 1.95 bits per heavy atom. The summed E-state index contributed by atoms with van der Waals surface area (Å²) in [6.07, 6.45) is 2.05. The van der Waals surface area contributed by atoms with Gasteiger partial charge in [0.2, 0.25) is 0 Å². The van der Waals surface area contributed by atoms with E-state index in [2.05, 4.69) is 26.1 Å². The summed E-state index contributed by atoms with van der Waals surface area (Å²) < 4.78 is 6.44. The SMILES string of the molecule is Oc1c(Cl)cc(Br)cc1[C@@H](C1CCOCC1)N1CCNCC1. The van der Waals surface area contributed by atoms with E-state index < -0.39 is 0 Å². The van der Waals surface area contributed by atoms with E-state index in [1.807, 2.05) is 6.07 Å². The maximum atomic E-state index is 10.5. The average Bonchev–Trinajstić information content (AvgIpc) is 2.54. The van der Waals surface area contributed by atoms with Gasteiger partial charge in [-0.15, -0.1) is 0 Å². The molecular formula is C16H22BrClN2O2. The molecule has 0 bridgehead atoms. The summed E-state index contributed by atoms with van der Waals surface area (Å²) in [5.74, 6) is 0.711. The van der Waals surface area contributed by atoms with Crippen LogP contribution in [0, 0.1) is 5.92 Å². The zero-order valence-corrected chi connectivity index (χ0v) is 14.9. The van der Waals surface area contributed by atoms with Gasteiger partial charge in [0.15, 0.2) is 0 Å². The van der Waals surface area contributed by atoms with E-state index in [0.29, 0.717) is 10.9 Å². The van der Waals surface area contributed by atoms with Crippen LogP contribution in [0.3, 0.4) is 0 Å². The van der Waals surface area contributed by atoms with Crippen LogP contribution >= 0.6 is 27.5 Å². The topological polar surface area (TPSA) is 44.7 Å². The molecule has 0 saturated carbocycles. The van der Waals surface area contributed by atoms with Crippen LogP contribution in [0.4, 0.5) is 0 Å². The van der Waals surface area contributed by atoms with Crippen LogP contribution < -0.4 is 5.32 Å². The van der Waals surface area contributed by atoms with Crippen LogP contribution in [0.2, 0.25) is 5.02 Å². The standard InChI is InChI=1S/C16H22BrClN2O2/c17-12-9-13(16(21)14(18)10-12)15(11-1-7-22-8-2-11)20-5-3-19-4-6-20/h9-11,15,19,21H,1-8H2/t15-/m1/s1. The molecule has 2 aliphatic heterocycles. The van der Waals surface area contributed by atoms with Gasteiger partial charge < -0.3 is 15.2 Å². The Morgan fingerprint density at radius 1 is 1.27 bits per heavy atom. The van der Waals surface area contributed by atoms with Gasteiger partial charge in [-0.05, 0) is 30.9 Å². The molecule has 0 unspecified atom stereocenters. The molecule has 122 valence electrons. The zero-order chi connectivity index (χ0) is 15.5. The summed E-state index contributed by atoms with van der Waals surface area (Å²) >= 11 is 9.72. The van der Waals surface area contributed by atoms with Crippen molar-refractivity contribution >= 4 is 27.5 Å². The number of phenols is 1. The van der Waals surface area contributed by atoms with Gasteiger partial charge in [-0.3, -0.25) is 4.90 Å². The number of hydrogen-bond donors (Lipinski definition) is 2. The first-order valence-electron chi connectivity index (χ1n) is 7.87. The van der Waals surface area contributed by atoms with E-state index in [9.17, 15) is 5.11 Å². The van der Waals surface area contributed by atoms with E-state index in [4.69, 9.17) is 16.3 Å². The molecule has 4 nitrogen and oxygen atoms in total. The number of piperazine rings is 1. The molecule has 0 aromatic heterocycles. The highest BCUT2D eigenvalue weighted by Gasteiger charge is 2.33. The fourth-order valence-electron chi connectivity index (χ4n) is 3.55. The lowest BCUT2D eigenvalue weighted by atomic mass is 9.85. The van der Waals surface area contributed by atoms with Gasteiger partial charge in [0.1, 0.15) is 5.75 Å². The van der Waals surface area contributed by atoms with Crippen molar-refractivity contribution in [3.63, 3.8) is 0 Å². The molecule has 3 rings (SSSR count). The summed E-state index contributed by atoms with van der Waals surface area (Å²) in [5, 5.41) is 14.3. The summed E-state index contributed by atoms with van der Waals surface area (Å²) in [7, 11) is 0. The number of phenolic OH excluding ortho intramolecular Hbond substituents is 1. The van der Waals surface area contributed by atoms with E-state index >= 15 is 0 Å². The highest BCUT2D eigenvalue weighted by molar-refractivity contribution is 9.10. The molecule has 1 atom stereocenters. The minimum atomic E-state index is 0.195. The molecule has 2 saturated heterocycles. The fourth-order valence-corrected chi connectivity index (χ4v) is 4.39. The molecule has 0 amide bonds. The van der Waals surface area contributed by atoms with Gasteiger partial charge in [-0.2, -0.15) is 0 Å². The Kier molecular flexibility index (Phi) is 5.63. The third-order valence-electron chi connectivity index (χ3n) is 4.63. The number of nitrogens with zero attached hydrogens (tertiary/aromatic N) is 1. The summed E-state index contributed by atoms with van der Waals surface area (Å²) in [5.41, 5.74) is 0.938. The van der Waals surface area contributed by atoms with Crippen molar-refractivity contribution in [3.05, 3.63) is 27.2 Å². The minimum Gasteiger partial charge on any atom is -0.506 e. The van der Waals surface area contributed by atoms with Gasteiger partial charge in [-0.1, -0.05) is 27.5 Å². The molecule has 0 spiro atoms. The molecule has 2 heterocycles. The largest absolute Gasteiger partial charge is 0.506 e. The minimum absolute atomic E-state index is 0.195. The Balaban J connectivity index is 1.96. The Hall–Kier alpha value is -0.330. The van der Waals surface area contributed by atoms with Crippen LogP contribution in [-0.2, 0) is 4.74 Å². The van der Waals surface area contributed by atoms with Gasteiger partial charge in [-0.25, -0.2) is 0 Å². The second-order valence-corrected chi connectivity index (χ2v) is 7.33. The smallest absolute Gasteiger partial charge is 0.139 e. The monoisotopic (exact) mass is 388 g/mol. The number of benzene rings is 1. The maximum absolute atomic E-state index is 10.5. The van der Waals surface area contributed by atoms with Crippen LogP contribution in [0.5, 0.6) is 5.75 Å². The zero-order valence-electron chi connectivity index (χ0n) is 12.5. The number of aromatic hydroxyl groups is 1. The fraction of sp³-hybridized carbons (Fsp3) is 0.625. The van der Waals surface area contributed by atoms with E-state index in [-0.39, 0.29) is 11.8 Å². The van der Waals surface area contributed by atoms with Gasteiger partial charge in [0, 0.05) is 55.5 Å². The van der Waals surface area contributed by atoms with E-state index in [0.717, 1.165) is 62.3 Å². The third kappa shape index (κ3) is 3.60. The first kappa shape index (κ1) is 16.5. The van der Waals surface area contributed by atoms with Crippen molar-refractivity contribution in [2.75, 3.05) is 39.4 Å². The van der Waals surface area contributed by atoms with Crippen molar-refractivity contribution in [3.8, 4) is 5.75 Å². The van der Waals surface area contributed by atoms with Crippen LogP contribution in [0.15, 0.2) is 16.6 Å². The summed E-state index contributed by atoms with van der Waals surface area (Å²) in [6, 6.07) is 3.96. The highest BCUT2D eigenvalue weighted by Crippen LogP contribution is 2.43. The van der Waals surface area contributed by atoms with Gasteiger partial charge in [0.25, 0.3) is 0 Å². The molecule has 1 aromatic rings. The average molecular weight is 390 g/mol. The van der Waals surface area contributed by atoms with Crippen molar-refractivity contribution in [1.82, 2.24) is 10.2 Å². The summed E-state index contributed by atoms with van der Waals surface area (Å²) in [4.78, 5) is 2.48. The molecule has 2 N–H and O–H groups in total. The van der Waals surface area contributed by atoms with Crippen molar-refractivity contribution in [1.29, 1.82) is 0 Å². The third-order valence-corrected chi connectivity index (χ3v) is 5.38. The maximum Gasteiger partial charge on any atom is 0.139 e. The molecule has 2 aliphatic rings. The van der Waals surface area contributed by atoms with Crippen LogP contribution in [0.25, 0.3) is 0 Å². The molecule has 0 aliphatic carbocycles. The molecule has 6 heteroatoms. The number of hydrogen-bond acceptors (Lipinski definition) is 4. The molecule has 1 aromatic carbocycles. The quantitative estimate of drug-likeness (QED) is 0.833. The van der Waals surface area contributed by atoms with Crippen molar-refractivity contribution < 1.29 is 9.84 Å². The lowest BCUT2D eigenvalue weighted by Gasteiger charge is -2.41. The predicted molar refractivity (Wildman–Crippen MR) is 91.5 cm³/mol. The van der Waals surface area contributed by atoms with Crippen molar-refractivity contribution in [2.45, 2.75) is 18.9 Å². The molecule has 0 radical (unpaired) electrons. The molecule has 2 fully saturated rings. The Labute approximate surface area is 144 Å². The number of ether oxygens (including phenoxy) is 1. The van der Waals surface area contributed by atoms with Crippen LogP contribution in [0.1, 0.15) is 24.4 Å². The Bertz CT molecular complexity index is 499. The molecule has 22 heavy (non-hydrogen) atoms. The first-order valence-corrected chi connectivity index (χ1v) is 9.04. The normalized spacial score (nSPS) is 22.6. The molecular weight excluding hydrogens is 368 g/mol. The second-order valence-electron chi connectivity index (χ2n) is 6.01. The lowest BCUT2D eigenvalue weighted by molar-refractivity contribution is 0.0206. The highest BCUT2D eigenvalue weighted by atomic mass is 79.9. The number of halogens is 2.